The highest BCUT2D eigenvalue weighted by atomic mass is 16.6. The van der Waals surface area contributed by atoms with Gasteiger partial charge in [0.1, 0.15) is 6.10 Å². The Balaban J connectivity index is 2.98. The van der Waals surface area contributed by atoms with Crippen LogP contribution in [0.2, 0.25) is 0 Å². The summed E-state index contributed by atoms with van der Waals surface area (Å²) in [4.78, 5) is 26.1. The first-order valence-electron chi connectivity index (χ1n) is 4.61. The average molecular weight is 245 g/mol. The Bertz CT molecular complexity index is 442. The van der Waals surface area contributed by atoms with Crippen LogP contribution < -0.4 is 0 Å². The second-order valence-electron chi connectivity index (χ2n) is 3.42. The van der Waals surface area contributed by atoms with E-state index < -0.39 is 35.3 Å². The summed E-state index contributed by atoms with van der Waals surface area (Å²) < 4.78 is 0. The molecule has 94 valence electrons. The Morgan fingerprint density at radius 3 is 2.65 bits per heavy atom. The van der Waals surface area contributed by atoms with Crippen LogP contribution in [0.3, 0.4) is 0 Å². The maximum Gasteiger partial charge on any atom is 0.346 e. The highest BCUT2D eigenvalue weighted by Crippen LogP contribution is 2.25. The number of aliphatic hydroxyl groups is 2. The number of aliphatic hydroxyl groups excluding tert-OH is 2. The Morgan fingerprint density at radius 2 is 2.18 bits per heavy atom. The quantitative estimate of drug-likeness (QED) is 0.403. The number of aromatic amines is 1. The van der Waals surface area contributed by atoms with E-state index in [9.17, 15) is 25.1 Å². The van der Waals surface area contributed by atoms with Crippen molar-refractivity contribution >= 4 is 11.8 Å². The summed E-state index contributed by atoms with van der Waals surface area (Å²) in [5, 5.41) is 38.0. The number of aromatic nitrogens is 2. The van der Waals surface area contributed by atoms with Crippen molar-refractivity contribution in [2.24, 2.45) is 0 Å². The number of nitrogens with zero attached hydrogens (tertiary/aromatic N) is 2. The fourth-order valence-corrected chi connectivity index (χ4v) is 1.32. The van der Waals surface area contributed by atoms with Crippen LogP contribution >= 0.6 is 0 Å². The van der Waals surface area contributed by atoms with Gasteiger partial charge in [0.25, 0.3) is 0 Å². The van der Waals surface area contributed by atoms with Gasteiger partial charge in [-0.3, -0.25) is 4.79 Å². The second-order valence-corrected chi connectivity index (χ2v) is 3.42. The molecule has 0 spiro atoms. The molecule has 2 atom stereocenters. The van der Waals surface area contributed by atoms with Crippen LogP contribution in [-0.2, 0) is 4.79 Å². The number of aryl methyl sites for hydroxylation is 1. The normalized spacial score (nSPS) is 14.3. The van der Waals surface area contributed by atoms with Crippen LogP contribution in [0.5, 0.6) is 0 Å². The van der Waals surface area contributed by atoms with Gasteiger partial charge in [-0.15, -0.1) is 0 Å². The number of imidazole rings is 1. The van der Waals surface area contributed by atoms with E-state index in [0.29, 0.717) is 0 Å². The number of aliphatic carboxylic acids is 1. The van der Waals surface area contributed by atoms with Crippen molar-refractivity contribution in [2.45, 2.75) is 25.6 Å². The number of carboxylic acid groups (broad SMARTS) is 1. The first-order chi connectivity index (χ1) is 7.82. The van der Waals surface area contributed by atoms with Crippen molar-refractivity contribution in [3.63, 3.8) is 0 Å². The van der Waals surface area contributed by atoms with Crippen LogP contribution in [0.4, 0.5) is 5.82 Å². The SMILES string of the molecule is Cc1nc(C(O)C(O)CC(=O)O)c([N+](=O)[O-])[nH]1. The molecule has 9 heteroatoms. The van der Waals surface area contributed by atoms with E-state index in [1.54, 1.807) is 0 Å². The molecule has 0 aliphatic rings. The molecule has 2 unspecified atom stereocenters. The van der Waals surface area contributed by atoms with Crippen molar-refractivity contribution in [1.29, 1.82) is 0 Å². The van der Waals surface area contributed by atoms with Crippen LogP contribution in [-0.4, -0.2) is 42.3 Å². The molecule has 0 bridgehead atoms. The predicted molar refractivity (Wildman–Crippen MR) is 53.2 cm³/mol. The molecule has 0 aliphatic carbocycles. The van der Waals surface area contributed by atoms with E-state index in [4.69, 9.17) is 5.11 Å². The Morgan fingerprint density at radius 1 is 1.59 bits per heavy atom. The molecule has 0 aliphatic heterocycles. The molecule has 4 N–H and O–H groups in total. The predicted octanol–water partition coefficient (Wildman–Crippen LogP) is -0.505. The third kappa shape index (κ3) is 2.98. The number of nitro groups is 1. The summed E-state index contributed by atoms with van der Waals surface area (Å²) >= 11 is 0. The first-order valence-corrected chi connectivity index (χ1v) is 4.61. The standard InChI is InChI=1S/C8H11N3O6/c1-3-9-6(8(10-3)11(16)17)7(15)4(12)2-5(13)14/h4,7,12,15H,2H2,1H3,(H,9,10)(H,13,14). The number of H-pyrrole nitrogens is 1. The van der Waals surface area contributed by atoms with E-state index in [1.807, 2.05) is 0 Å². The van der Waals surface area contributed by atoms with E-state index >= 15 is 0 Å². The minimum absolute atomic E-state index is 0.188. The summed E-state index contributed by atoms with van der Waals surface area (Å²) in [6.07, 6.45) is -4.12. The largest absolute Gasteiger partial charge is 0.481 e. The van der Waals surface area contributed by atoms with Gasteiger partial charge in [-0.05, 0) is 4.92 Å². The zero-order valence-corrected chi connectivity index (χ0v) is 8.82. The number of hydrogen-bond donors (Lipinski definition) is 4. The van der Waals surface area contributed by atoms with E-state index in [0.717, 1.165) is 0 Å². The number of rotatable bonds is 5. The average Bonchev–Trinajstić information content (AvgIpc) is 2.58. The lowest BCUT2D eigenvalue weighted by Crippen LogP contribution is -2.22. The Hall–Kier alpha value is -2.00. The van der Waals surface area contributed by atoms with Crippen LogP contribution in [0.1, 0.15) is 24.0 Å². The smallest absolute Gasteiger partial charge is 0.346 e. The third-order valence-electron chi connectivity index (χ3n) is 2.04. The highest BCUT2D eigenvalue weighted by Gasteiger charge is 2.30. The molecule has 0 saturated heterocycles. The fourth-order valence-electron chi connectivity index (χ4n) is 1.32. The van der Waals surface area contributed by atoms with Crippen molar-refractivity contribution in [3.8, 4) is 0 Å². The van der Waals surface area contributed by atoms with Crippen LogP contribution in [0.25, 0.3) is 0 Å². The Kier molecular flexibility index (Phi) is 3.76. The van der Waals surface area contributed by atoms with Gasteiger partial charge in [0.2, 0.25) is 0 Å². The molecule has 0 radical (unpaired) electrons. The Labute approximate surface area is 94.9 Å². The van der Waals surface area contributed by atoms with E-state index in [-0.39, 0.29) is 11.5 Å². The monoisotopic (exact) mass is 245 g/mol. The second kappa shape index (κ2) is 4.89. The lowest BCUT2D eigenvalue weighted by molar-refractivity contribution is -0.390. The van der Waals surface area contributed by atoms with Gasteiger partial charge in [-0.25, -0.2) is 9.97 Å². The van der Waals surface area contributed by atoms with Gasteiger partial charge in [0, 0.05) is 6.92 Å². The molecule has 0 aromatic carbocycles. The third-order valence-corrected chi connectivity index (χ3v) is 2.04. The first kappa shape index (κ1) is 13.1. The lowest BCUT2D eigenvalue weighted by atomic mass is 10.1. The van der Waals surface area contributed by atoms with Gasteiger partial charge in [-0.1, -0.05) is 0 Å². The summed E-state index contributed by atoms with van der Waals surface area (Å²) in [5.74, 6) is -1.70. The van der Waals surface area contributed by atoms with Crippen LogP contribution in [0, 0.1) is 17.0 Å². The summed E-state index contributed by atoms with van der Waals surface area (Å²) in [5.41, 5.74) is -0.374. The summed E-state index contributed by atoms with van der Waals surface area (Å²) in [7, 11) is 0. The number of hydrogen-bond acceptors (Lipinski definition) is 6. The van der Waals surface area contributed by atoms with Gasteiger partial charge >= 0.3 is 11.8 Å². The topological polar surface area (TPSA) is 150 Å². The highest BCUT2D eigenvalue weighted by molar-refractivity contribution is 5.67. The zero-order valence-electron chi connectivity index (χ0n) is 8.82. The molecule has 1 aromatic rings. The molecule has 17 heavy (non-hydrogen) atoms. The molecule has 0 saturated carbocycles. The molecule has 1 aromatic heterocycles. The molecule has 1 heterocycles. The fraction of sp³-hybridized carbons (Fsp3) is 0.500. The molecular formula is C8H11N3O6. The lowest BCUT2D eigenvalue weighted by Gasteiger charge is -2.13. The van der Waals surface area contributed by atoms with Gasteiger partial charge in [-0.2, -0.15) is 0 Å². The van der Waals surface area contributed by atoms with Crippen molar-refractivity contribution in [1.82, 2.24) is 9.97 Å². The summed E-state index contributed by atoms with van der Waals surface area (Å²) in [6, 6.07) is 0. The molecule has 1 rings (SSSR count). The summed E-state index contributed by atoms with van der Waals surface area (Å²) in [6.45, 7) is 1.44. The minimum atomic E-state index is -1.73. The van der Waals surface area contributed by atoms with Gasteiger partial charge < -0.3 is 25.4 Å². The molecular weight excluding hydrogens is 234 g/mol. The molecule has 9 nitrogen and oxygen atoms in total. The maximum atomic E-state index is 10.6. The number of carbonyl (C=O) groups is 1. The minimum Gasteiger partial charge on any atom is -0.481 e. The van der Waals surface area contributed by atoms with Gasteiger partial charge in [0.15, 0.2) is 11.5 Å². The van der Waals surface area contributed by atoms with E-state index in [2.05, 4.69) is 9.97 Å². The van der Waals surface area contributed by atoms with Crippen molar-refractivity contribution < 1.29 is 25.0 Å². The maximum absolute atomic E-state index is 10.6. The zero-order chi connectivity index (χ0) is 13.2. The number of carboxylic acids is 1. The van der Waals surface area contributed by atoms with Crippen molar-refractivity contribution in [3.05, 3.63) is 21.6 Å². The number of nitrogens with one attached hydrogen (secondary N) is 1. The van der Waals surface area contributed by atoms with E-state index in [1.165, 1.54) is 6.92 Å². The molecule has 0 fully saturated rings. The molecule has 0 amide bonds. The van der Waals surface area contributed by atoms with Crippen molar-refractivity contribution in [2.75, 3.05) is 0 Å². The van der Waals surface area contributed by atoms with Crippen LogP contribution in [0.15, 0.2) is 0 Å². The van der Waals surface area contributed by atoms with Gasteiger partial charge in [0.05, 0.1) is 12.5 Å².